The Morgan fingerprint density at radius 1 is 1.29 bits per heavy atom. The van der Waals surface area contributed by atoms with Crippen molar-refractivity contribution in [3.63, 3.8) is 0 Å². The van der Waals surface area contributed by atoms with Crippen molar-refractivity contribution < 1.29 is 14.0 Å². The summed E-state index contributed by atoms with van der Waals surface area (Å²) in [7, 11) is 3.70. The number of carbonyl (C=O) groups excluding carboxylic acids is 2. The monoisotopic (exact) mass is 330 g/mol. The fourth-order valence-electron chi connectivity index (χ4n) is 3.35. The third-order valence-electron chi connectivity index (χ3n) is 4.93. The molecule has 1 aromatic heterocycles. The fourth-order valence-corrected chi connectivity index (χ4v) is 3.35. The number of likely N-dealkylation sites (tertiary alicyclic amines) is 1. The van der Waals surface area contributed by atoms with Crippen LogP contribution in [0.2, 0.25) is 0 Å². The molecule has 2 aromatic rings. The first-order valence-corrected chi connectivity index (χ1v) is 7.97. The first-order chi connectivity index (χ1) is 11.3. The smallest absolute Gasteiger partial charge is 0.253 e. The molecule has 0 aliphatic carbocycles. The van der Waals surface area contributed by atoms with Gasteiger partial charge in [0.05, 0.1) is 0 Å². The summed E-state index contributed by atoms with van der Waals surface area (Å²) < 4.78 is 5.44. The summed E-state index contributed by atoms with van der Waals surface area (Å²) in [5.41, 5.74) is 6.84. The first kappa shape index (κ1) is 16.4. The van der Waals surface area contributed by atoms with E-state index in [0.717, 1.165) is 0 Å². The molecule has 1 saturated heterocycles. The highest BCUT2D eigenvalue weighted by molar-refractivity contribution is 5.97. The molecule has 1 aliphatic rings. The normalized spacial score (nSPS) is 17.4. The third-order valence-corrected chi connectivity index (χ3v) is 4.93. The number of nitrogens with zero attached hydrogens (tertiary/aromatic N) is 3. The highest BCUT2D eigenvalue weighted by Gasteiger charge is 2.42. The van der Waals surface area contributed by atoms with E-state index in [-0.39, 0.29) is 11.8 Å². The standard InChI is InChI=1S/C17H22N4O3/c1-11-19-13-10-12(4-5-14(13)24-11)15(22)21-8-6-17(7-9-21,16(18)23)20(2)3/h4-5,10H,6-9H2,1-3H3,(H2,18,23). The molecule has 1 fully saturated rings. The molecule has 3 rings (SSSR count). The second-order valence-corrected chi connectivity index (χ2v) is 6.50. The van der Waals surface area contributed by atoms with Crippen LogP contribution in [0.1, 0.15) is 29.1 Å². The average molecular weight is 330 g/mol. The second kappa shape index (κ2) is 5.90. The summed E-state index contributed by atoms with van der Waals surface area (Å²) in [6.45, 7) is 2.77. The topological polar surface area (TPSA) is 92.7 Å². The molecule has 7 nitrogen and oxygen atoms in total. The quantitative estimate of drug-likeness (QED) is 0.911. The Morgan fingerprint density at radius 3 is 2.54 bits per heavy atom. The summed E-state index contributed by atoms with van der Waals surface area (Å²) in [6.07, 6.45) is 1.07. The number of hydrogen-bond donors (Lipinski definition) is 1. The molecule has 1 aromatic carbocycles. The lowest BCUT2D eigenvalue weighted by atomic mass is 9.85. The maximum Gasteiger partial charge on any atom is 0.253 e. The molecule has 7 heteroatoms. The molecule has 2 heterocycles. The van der Waals surface area contributed by atoms with Gasteiger partial charge in [0.2, 0.25) is 5.91 Å². The predicted molar refractivity (Wildman–Crippen MR) is 89.5 cm³/mol. The van der Waals surface area contributed by atoms with Gasteiger partial charge in [0.15, 0.2) is 11.5 Å². The zero-order valence-corrected chi connectivity index (χ0v) is 14.2. The molecule has 0 radical (unpaired) electrons. The Labute approximate surface area is 140 Å². The number of aromatic nitrogens is 1. The van der Waals surface area contributed by atoms with Crippen LogP contribution in [0.3, 0.4) is 0 Å². The number of aryl methyl sites for hydroxylation is 1. The van der Waals surface area contributed by atoms with E-state index in [1.165, 1.54) is 0 Å². The Kier molecular flexibility index (Phi) is 4.04. The van der Waals surface area contributed by atoms with Crippen molar-refractivity contribution in [3.05, 3.63) is 29.7 Å². The summed E-state index contributed by atoms with van der Waals surface area (Å²) >= 11 is 0. The maximum atomic E-state index is 12.7. The van der Waals surface area contributed by atoms with Gasteiger partial charge in [0.1, 0.15) is 11.1 Å². The number of nitrogens with two attached hydrogens (primary N) is 1. The molecule has 2 amide bonds. The number of primary amides is 1. The van der Waals surface area contributed by atoms with Crippen LogP contribution in [0.25, 0.3) is 11.1 Å². The third kappa shape index (κ3) is 2.65. The van der Waals surface area contributed by atoms with Crippen molar-refractivity contribution >= 4 is 22.9 Å². The SMILES string of the molecule is Cc1nc2cc(C(=O)N3CCC(C(N)=O)(N(C)C)CC3)ccc2o1. The van der Waals surface area contributed by atoms with Gasteiger partial charge in [-0.3, -0.25) is 14.5 Å². The molecule has 0 bridgehead atoms. The van der Waals surface area contributed by atoms with E-state index in [4.69, 9.17) is 10.2 Å². The predicted octanol–water partition coefficient (Wildman–Crippen LogP) is 1.16. The number of rotatable bonds is 3. The van der Waals surface area contributed by atoms with Gasteiger partial charge in [0.25, 0.3) is 5.91 Å². The van der Waals surface area contributed by atoms with Gasteiger partial charge >= 0.3 is 0 Å². The van der Waals surface area contributed by atoms with Crippen molar-refractivity contribution in [3.8, 4) is 0 Å². The summed E-state index contributed by atoms with van der Waals surface area (Å²) in [5, 5.41) is 0. The van der Waals surface area contributed by atoms with E-state index in [9.17, 15) is 9.59 Å². The van der Waals surface area contributed by atoms with E-state index < -0.39 is 5.54 Å². The first-order valence-electron chi connectivity index (χ1n) is 7.97. The maximum absolute atomic E-state index is 12.7. The van der Waals surface area contributed by atoms with Crippen LogP contribution in [-0.4, -0.2) is 59.3 Å². The summed E-state index contributed by atoms with van der Waals surface area (Å²) in [6, 6.07) is 5.26. The molecule has 0 saturated carbocycles. The van der Waals surface area contributed by atoms with Crippen molar-refractivity contribution in [2.45, 2.75) is 25.3 Å². The van der Waals surface area contributed by atoms with Gasteiger partial charge in [-0.25, -0.2) is 4.98 Å². The number of piperidine rings is 1. The minimum atomic E-state index is -0.677. The Hall–Kier alpha value is -2.41. The van der Waals surface area contributed by atoms with Crippen molar-refractivity contribution in [2.24, 2.45) is 5.73 Å². The molecule has 1 aliphatic heterocycles. The van der Waals surface area contributed by atoms with Gasteiger partial charge in [-0.1, -0.05) is 0 Å². The lowest BCUT2D eigenvalue weighted by Gasteiger charge is -2.43. The number of benzene rings is 1. The molecule has 2 N–H and O–H groups in total. The van der Waals surface area contributed by atoms with E-state index in [1.54, 1.807) is 30.0 Å². The molecule has 128 valence electrons. The highest BCUT2D eigenvalue weighted by atomic mass is 16.3. The second-order valence-electron chi connectivity index (χ2n) is 6.50. The molecule has 0 spiro atoms. The van der Waals surface area contributed by atoms with Crippen LogP contribution in [-0.2, 0) is 4.79 Å². The molecular weight excluding hydrogens is 308 g/mol. The van der Waals surface area contributed by atoms with Gasteiger partial charge in [-0.05, 0) is 45.1 Å². The van der Waals surface area contributed by atoms with Crippen LogP contribution in [0, 0.1) is 6.92 Å². The summed E-state index contributed by atoms with van der Waals surface area (Å²) in [4.78, 5) is 32.5. The Morgan fingerprint density at radius 2 is 1.96 bits per heavy atom. The average Bonchev–Trinajstić information content (AvgIpc) is 2.92. The van der Waals surface area contributed by atoms with E-state index in [1.807, 2.05) is 19.0 Å². The van der Waals surface area contributed by atoms with Gasteiger partial charge in [-0.15, -0.1) is 0 Å². The lowest BCUT2D eigenvalue weighted by molar-refractivity contribution is -0.131. The van der Waals surface area contributed by atoms with Crippen LogP contribution in [0.15, 0.2) is 22.6 Å². The van der Waals surface area contributed by atoms with Crippen molar-refractivity contribution in [2.75, 3.05) is 27.2 Å². The van der Waals surface area contributed by atoms with Crippen molar-refractivity contribution in [1.29, 1.82) is 0 Å². The Bertz CT molecular complexity index is 788. The fraction of sp³-hybridized carbons (Fsp3) is 0.471. The molecule has 0 unspecified atom stereocenters. The van der Waals surface area contributed by atoms with Gasteiger partial charge < -0.3 is 15.1 Å². The summed E-state index contributed by atoms with van der Waals surface area (Å²) in [5.74, 6) is 0.179. The molecular formula is C17H22N4O3. The zero-order chi connectivity index (χ0) is 17.5. The van der Waals surface area contributed by atoms with E-state index in [0.29, 0.717) is 48.5 Å². The highest BCUT2D eigenvalue weighted by Crippen LogP contribution is 2.28. The van der Waals surface area contributed by atoms with Crippen molar-refractivity contribution in [1.82, 2.24) is 14.8 Å². The number of likely N-dealkylation sites (N-methyl/N-ethyl adjacent to an activating group) is 1. The number of amides is 2. The zero-order valence-electron chi connectivity index (χ0n) is 14.2. The van der Waals surface area contributed by atoms with Gasteiger partial charge in [0, 0.05) is 25.6 Å². The Balaban J connectivity index is 1.77. The largest absolute Gasteiger partial charge is 0.441 e. The van der Waals surface area contributed by atoms with E-state index >= 15 is 0 Å². The van der Waals surface area contributed by atoms with Crippen LogP contribution < -0.4 is 5.73 Å². The minimum Gasteiger partial charge on any atom is -0.441 e. The molecule has 0 atom stereocenters. The van der Waals surface area contributed by atoms with E-state index in [2.05, 4.69) is 4.98 Å². The molecule has 24 heavy (non-hydrogen) atoms. The number of oxazole rings is 1. The minimum absolute atomic E-state index is 0.0608. The van der Waals surface area contributed by atoms with Gasteiger partial charge in [-0.2, -0.15) is 0 Å². The lowest BCUT2D eigenvalue weighted by Crippen LogP contribution is -2.60. The van der Waals surface area contributed by atoms with Crippen LogP contribution in [0.5, 0.6) is 0 Å². The number of fused-ring (bicyclic) bond motifs is 1. The van der Waals surface area contributed by atoms with Crippen LogP contribution >= 0.6 is 0 Å². The number of carbonyl (C=O) groups is 2. The number of hydrogen-bond acceptors (Lipinski definition) is 5. The van der Waals surface area contributed by atoms with Crippen LogP contribution in [0.4, 0.5) is 0 Å².